The number of ether oxygens (including phenoxy) is 1. The molecule has 0 aliphatic heterocycles. The van der Waals surface area contributed by atoms with Gasteiger partial charge >= 0.3 is 0 Å². The van der Waals surface area contributed by atoms with Gasteiger partial charge < -0.3 is 15.2 Å². The summed E-state index contributed by atoms with van der Waals surface area (Å²) < 4.78 is 18.5. The van der Waals surface area contributed by atoms with Crippen LogP contribution in [0.1, 0.15) is 13.3 Å². The molecular weight excluding hydrogens is 305 g/mol. The quantitative estimate of drug-likeness (QED) is 0.841. The second-order valence-corrected chi connectivity index (χ2v) is 4.57. The number of amides is 1. The van der Waals surface area contributed by atoms with E-state index >= 15 is 0 Å². The van der Waals surface area contributed by atoms with Gasteiger partial charge in [-0.15, -0.1) is 0 Å². The van der Waals surface area contributed by atoms with Gasteiger partial charge in [-0.05, 0) is 40.5 Å². The first-order valence-electron chi connectivity index (χ1n) is 5.54. The molecule has 1 aromatic rings. The summed E-state index contributed by atoms with van der Waals surface area (Å²) in [5, 5.41) is 11.5. The Balaban J connectivity index is 2.47. The Labute approximate surface area is 113 Å². The molecule has 18 heavy (non-hydrogen) atoms. The van der Waals surface area contributed by atoms with Crippen molar-refractivity contribution in [2.45, 2.75) is 19.4 Å². The van der Waals surface area contributed by atoms with E-state index in [0.29, 0.717) is 16.6 Å². The fourth-order valence-corrected chi connectivity index (χ4v) is 1.75. The van der Waals surface area contributed by atoms with Crippen LogP contribution in [-0.4, -0.2) is 30.3 Å². The van der Waals surface area contributed by atoms with E-state index in [4.69, 9.17) is 9.84 Å². The lowest BCUT2D eigenvalue weighted by molar-refractivity contribution is -0.124. The van der Waals surface area contributed by atoms with Gasteiger partial charge in [-0.2, -0.15) is 0 Å². The van der Waals surface area contributed by atoms with Gasteiger partial charge in [0.2, 0.25) is 0 Å². The standard InChI is InChI=1S/C12H15BrFNO3/c1-2-9(6-16)15-12(17)7-18-11-4-3-8(14)5-10(11)13/h3-5,9,16H,2,6-7H2,1H3,(H,15,17)/t9-/m1/s1. The number of hydrogen-bond donors (Lipinski definition) is 2. The Morgan fingerprint density at radius 2 is 2.33 bits per heavy atom. The molecule has 0 bridgehead atoms. The number of benzene rings is 1. The topological polar surface area (TPSA) is 58.6 Å². The van der Waals surface area contributed by atoms with Crippen molar-refractivity contribution < 1.29 is 19.0 Å². The molecule has 100 valence electrons. The van der Waals surface area contributed by atoms with Gasteiger partial charge in [0.25, 0.3) is 5.91 Å². The minimum absolute atomic E-state index is 0.109. The Hall–Kier alpha value is -1.14. The van der Waals surface area contributed by atoms with E-state index in [0.717, 1.165) is 0 Å². The van der Waals surface area contributed by atoms with E-state index in [2.05, 4.69) is 21.2 Å². The van der Waals surface area contributed by atoms with Crippen LogP contribution in [0, 0.1) is 5.82 Å². The average Bonchev–Trinajstić information content (AvgIpc) is 2.35. The van der Waals surface area contributed by atoms with Gasteiger partial charge in [0.15, 0.2) is 6.61 Å². The van der Waals surface area contributed by atoms with Crippen LogP contribution in [0.2, 0.25) is 0 Å². The largest absolute Gasteiger partial charge is 0.483 e. The summed E-state index contributed by atoms with van der Waals surface area (Å²) in [5.41, 5.74) is 0. The zero-order chi connectivity index (χ0) is 13.5. The number of nitrogens with one attached hydrogen (secondary N) is 1. The molecule has 0 aromatic heterocycles. The molecule has 0 heterocycles. The highest BCUT2D eigenvalue weighted by molar-refractivity contribution is 9.10. The average molecular weight is 320 g/mol. The van der Waals surface area contributed by atoms with E-state index in [9.17, 15) is 9.18 Å². The molecule has 0 aliphatic rings. The van der Waals surface area contributed by atoms with Gasteiger partial charge in [-0.25, -0.2) is 4.39 Å². The predicted molar refractivity (Wildman–Crippen MR) is 68.9 cm³/mol. The Morgan fingerprint density at radius 1 is 1.61 bits per heavy atom. The lowest BCUT2D eigenvalue weighted by atomic mass is 10.2. The molecule has 0 radical (unpaired) electrons. The monoisotopic (exact) mass is 319 g/mol. The van der Waals surface area contributed by atoms with Crippen molar-refractivity contribution in [2.24, 2.45) is 0 Å². The van der Waals surface area contributed by atoms with Crippen molar-refractivity contribution in [1.29, 1.82) is 0 Å². The van der Waals surface area contributed by atoms with Gasteiger partial charge in [0.1, 0.15) is 11.6 Å². The number of aliphatic hydroxyl groups is 1. The van der Waals surface area contributed by atoms with Crippen molar-refractivity contribution >= 4 is 21.8 Å². The van der Waals surface area contributed by atoms with E-state index < -0.39 is 0 Å². The van der Waals surface area contributed by atoms with Crippen molar-refractivity contribution in [2.75, 3.05) is 13.2 Å². The second kappa shape index (κ2) is 7.33. The lowest BCUT2D eigenvalue weighted by Crippen LogP contribution is -2.39. The first kappa shape index (κ1) is 14.9. The molecule has 4 nitrogen and oxygen atoms in total. The molecule has 0 unspecified atom stereocenters. The summed E-state index contributed by atoms with van der Waals surface area (Å²) in [5.74, 6) is -0.319. The molecular formula is C12H15BrFNO3. The van der Waals surface area contributed by atoms with Crippen molar-refractivity contribution in [1.82, 2.24) is 5.32 Å². The Bertz CT molecular complexity index is 410. The van der Waals surface area contributed by atoms with Crippen LogP contribution in [-0.2, 0) is 4.79 Å². The minimum Gasteiger partial charge on any atom is -0.483 e. The Morgan fingerprint density at radius 3 is 2.89 bits per heavy atom. The summed E-state index contributed by atoms with van der Waals surface area (Å²) in [4.78, 5) is 11.5. The lowest BCUT2D eigenvalue weighted by Gasteiger charge is -2.14. The third kappa shape index (κ3) is 4.62. The maximum atomic E-state index is 12.8. The summed E-state index contributed by atoms with van der Waals surface area (Å²) in [6.45, 7) is 1.57. The Kier molecular flexibility index (Phi) is 6.07. The molecule has 0 spiro atoms. The summed E-state index contributed by atoms with van der Waals surface area (Å²) >= 11 is 3.14. The number of aliphatic hydroxyl groups excluding tert-OH is 1. The second-order valence-electron chi connectivity index (χ2n) is 3.72. The molecule has 6 heteroatoms. The van der Waals surface area contributed by atoms with Crippen LogP contribution in [0.15, 0.2) is 22.7 Å². The molecule has 0 aliphatic carbocycles. The molecule has 1 aromatic carbocycles. The summed E-state index contributed by atoms with van der Waals surface area (Å²) in [6.07, 6.45) is 0.641. The van der Waals surface area contributed by atoms with E-state index in [1.807, 2.05) is 6.92 Å². The third-order valence-electron chi connectivity index (χ3n) is 2.33. The highest BCUT2D eigenvalue weighted by atomic mass is 79.9. The first-order valence-corrected chi connectivity index (χ1v) is 6.34. The summed E-state index contributed by atoms with van der Waals surface area (Å²) in [7, 11) is 0. The van der Waals surface area contributed by atoms with Crippen LogP contribution in [0.3, 0.4) is 0 Å². The van der Waals surface area contributed by atoms with Crippen LogP contribution in [0.5, 0.6) is 5.75 Å². The maximum Gasteiger partial charge on any atom is 0.258 e. The molecule has 1 amide bonds. The van der Waals surface area contributed by atoms with Gasteiger partial charge in [-0.3, -0.25) is 4.79 Å². The molecule has 1 atom stereocenters. The van der Waals surface area contributed by atoms with Crippen LogP contribution in [0.4, 0.5) is 4.39 Å². The van der Waals surface area contributed by atoms with Crippen molar-refractivity contribution in [3.05, 3.63) is 28.5 Å². The van der Waals surface area contributed by atoms with Gasteiger partial charge in [0.05, 0.1) is 17.1 Å². The third-order valence-corrected chi connectivity index (χ3v) is 2.95. The van der Waals surface area contributed by atoms with Gasteiger partial charge in [-0.1, -0.05) is 6.92 Å². The first-order chi connectivity index (χ1) is 8.56. The highest BCUT2D eigenvalue weighted by Crippen LogP contribution is 2.25. The number of rotatable bonds is 6. The molecule has 0 saturated carbocycles. The normalized spacial score (nSPS) is 12.0. The number of halogens is 2. The van der Waals surface area contributed by atoms with Crippen molar-refractivity contribution in [3.8, 4) is 5.75 Å². The highest BCUT2D eigenvalue weighted by Gasteiger charge is 2.10. The zero-order valence-corrected chi connectivity index (χ0v) is 11.5. The predicted octanol–water partition coefficient (Wildman–Crippen LogP) is 1.85. The SMILES string of the molecule is CC[C@H](CO)NC(=O)COc1ccc(F)cc1Br. The molecule has 1 rings (SSSR count). The maximum absolute atomic E-state index is 12.8. The number of hydrogen-bond acceptors (Lipinski definition) is 3. The fourth-order valence-electron chi connectivity index (χ4n) is 1.28. The molecule has 0 fully saturated rings. The van der Waals surface area contributed by atoms with E-state index in [1.54, 1.807) is 0 Å². The fraction of sp³-hybridized carbons (Fsp3) is 0.417. The van der Waals surface area contributed by atoms with Crippen molar-refractivity contribution in [3.63, 3.8) is 0 Å². The van der Waals surface area contributed by atoms with Crippen LogP contribution in [0.25, 0.3) is 0 Å². The van der Waals surface area contributed by atoms with E-state index in [1.165, 1.54) is 18.2 Å². The van der Waals surface area contributed by atoms with Crippen LogP contribution < -0.4 is 10.1 Å². The smallest absolute Gasteiger partial charge is 0.258 e. The summed E-state index contributed by atoms with van der Waals surface area (Å²) in [6, 6.07) is 3.68. The zero-order valence-electron chi connectivity index (χ0n) is 9.95. The van der Waals surface area contributed by atoms with Crippen LogP contribution >= 0.6 is 15.9 Å². The number of carbonyl (C=O) groups is 1. The molecule has 0 saturated heterocycles. The molecule has 2 N–H and O–H groups in total. The van der Waals surface area contributed by atoms with E-state index in [-0.39, 0.29) is 31.0 Å². The minimum atomic E-state index is -0.384. The van der Waals surface area contributed by atoms with Gasteiger partial charge in [0, 0.05) is 0 Å². The number of carbonyl (C=O) groups excluding carboxylic acids is 1.